The third-order valence-electron chi connectivity index (χ3n) is 3.60. The van der Waals surface area contributed by atoms with E-state index in [1.54, 1.807) is 7.11 Å². The van der Waals surface area contributed by atoms with E-state index in [-0.39, 0.29) is 6.04 Å². The predicted octanol–water partition coefficient (Wildman–Crippen LogP) is 2.71. The van der Waals surface area contributed by atoms with Gasteiger partial charge in [0, 0.05) is 32.3 Å². The van der Waals surface area contributed by atoms with Crippen molar-refractivity contribution < 1.29 is 13.5 Å². The molecule has 0 aliphatic heterocycles. The first-order valence-corrected chi connectivity index (χ1v) is 6.93. The third kappa shape index (κ3) is 4.81. The maximum Gasteiger partial charge on any atom is 0.159 e. The molecule has 0 fully saturated rings. The number of nitrogens with two attached hydrogens (primary N) is 1. The molecule has 0 heterocycles. The molecule has 0 bridgehead atoms. The maximum atomic E-state index is 13.2. The number of benzene rings is 1. The largest absolute Gasteiger partial charge is 0.383 e. The Morgan fingerprint density at radius 1 is 1.30 bits per heavy atom. The van der Waals surface area contributed by atoms with E-state index in [9.17, 15) is 8.78 Å². The van der Waals surface area contributed by atoms with Gasteiger partial charge in [0.15, 0.2) is 11.6 Å². The molecular formula is C15H24F2N2O. The molecule has 0 aromatic heterocycles. The Kier molecular flexibility index (Phi) is 7.05. The highest BCUT2D eigenvalue weighted by atomic mass is 19.2. The average molecular weight is 286 g/mol. The van der Waals surface area contributed by atoms with Crippen molar-refractivity contribution >= 4 is 0 Å². The minimum atomic E-state index is -0.857. The SMILES string of the molecule is CCC(C)N(CCOC)CC(N)c1ccc(F)c(F)c1. The molecule has 0 aliphatic rings. The Balaban J connectivity index is 2.73. The zero-order chi connectivity index (χ0) is 15.1. The van der Waals surface area contributed by atoms with Gasteiger partial charge in [-0.25, -0.2) is 8.78 Å². The number of methoxy groups -OCH3 is 1. The molecule has 0 aliphatic carbocycles. The van der Waals surface area contributed by atoms with Gasteiger partial charge in [-0.05, 0) is 31.0 Å². The molecule has 0 amide bonds. The number of rotatable bonds is 8. The predicted molar refractivity (Wildman–Crippen MR) is 76.5 cm³/mol. The topological polar surface area (TPSA) is 38.5 Å². The van der Waals surface area contributed by atoms with Crippen LogP contribution in [-0.2, 0) is 4.74 Å². The Hall–Kier alpha value is -1.04. The lowest BCUT2D eigenvalue weighted by atomic mass is 10.1. The van der Waals surface area contributed by atoms with Gasteiger partial charge in [-0.15, -0.1) is 0 Å². The van der Waals surface area contributed by atoms with Gasteiger partial charge in [0.2, 0.25) is 0 Å². The molecule has 0 spiro atoms. The van der Waals surface area contributed by atoms with Crippen molar-refractivity contribution in [1.29, 1.82) is 0 Å². The molecule has 0 saturated carbocycles. The lowest BCUT2D eigenvalue weighted by Gasteiger charge is -2.30. The van der Waals surface area contributed by atoms with Crippen molar-refractivity contribution in [2.75, 3.05) is 26.8 Å². The normalized spacial score (nSPS) is 14.6. The third-order valence-corrected chi connectivity index (χ3v) is 3.60. The average Bonchev–Trinajstić information content (AvgIpc) is 2.45. The van der Waals surface area contributed by atoms with Gasteiger partial charge in [0.25, 0.3) is 0 Å². The van der Waals surface area contributed by atoms with Crippen LogP contribution in [0.15, 0.2) is 18.2 Å². The van der Waals surface area contributed by atoms with Gasteiger partial charge in [0.1, 0.15) is 0 Å². The van der Waals surface area contributed by atoms with Crippen molar-refractivity contribution in [3.63, 3.8) is 0 Å². The van der Waals surface area contributed by atoms with E-state index in [1.807, 2.05) is 0 Å². The highest BCUT2D eigenvalue weighted by molar-refractivity contribution is 5.21. The fourth-order valence-corrected chi connectivity index (χ4v) is 2.06. The van der Waals surface area contributed by atoms with Crippen molar-refractivity contribution in [1.82, 2.24) is 4.90 Å². The summed E-state index contributed by atoms with van der Waals surface area (Å²) in [6.45, 7) is 6.20. The summed E-state index contributed by atoms with van der Waals surface area (Å²) < 4.78 is 31.3. The summed E-state index contributed by atoms with van der Waals surface area (Å²) in [5.41, 5.74) is 6.71. The molecule has 20 heavy (non-hydrogen) atoms. The Morgan fingerprint density at radius 3 is 2.55 bits per heavy atom. The van der Waals surface area contributed by atoms with E-state index >= 15 is 0 Å². The summed E-state index contributed by atoms with van der Waals surface area (Å²) >= 11 is 0. The van der Waals surface area contributed by atoms with E-state index < -0.39 is 11.6 Å². The summed E-state index contributed by atoms with van der Waals surface area (Å²) in [5.74, 6) is -1.70. The molecule has 2 N–H and O–H groups in total. The van der Waals surface area contributed by atoms with Crippen LogP contribution in [0.5, 0.6) is 0 Å². The van der Waals surface area contributed by atoms with Crippen LogP contribution < -0.4 is 5.73 Å². The lowest BCUT2D eigenvalue weighted by Crippen LogP contribution is -2.40. The molecular weight excluding hydrogens is 262 g/mol. The molecule has 3 nitrogen and oxygen atoms in total. The first-order chi connectivity index (χ1) is 9.49. The van der Waals surface area contributed by atoms with Gasteiger partial charge in [-0.1, -0.05) is 13.0 Å². The smallest absolute Gasteiger partial charge is 0.159 e. The standard InChI is InChI=1S/C15H24F2N2O/c1-4-11(2)19(7-8-20-3)10-15(18)12-5-6-13(16)14(17)9-12/h5-6,9,11,15H,4,7-8,10,18H2,1-3H3. The van der Waals surface area contributed by atoms with Crippen LogP contribution >= 0.6 is 0 Å². The van der Waals surface area contributed by atoms with Gasteiger partial charge >= 0.3 is 0 Å². The fourth-order valence-electron chi connectivity index (χ4n) is 2.06. The molecule has 2 atom stereocenters. The van der Waals surface area contributed by atoms with E-state index in [0.29, 0.717) is 24.8 Å². The minimum Gasteiger partial charge on any atom is -0.383 e. The van der Waals surface area contributed by atoms with Crippen LogP contribution in [0.2, 0.25) is 0 Å². The van der Waals surface area contributed by atoms with Gasteiger partial charge in [-0.2, -0.15) is 0 Å². The first-order valence-electron chi connectivity index (χ1n) is 6.93. The van der Waals surface area contributed by atoms with Crippen LogP contribution in [0, 0.1) is 11.6 Å². The minimum absolute atomic E-state index is 0.351. The molecule has 0 saturated heterocycles. The first kappa shape index (κ1) is 17.0. The van der Waals surface area contributed by atoms with Crippen LogP contribution in [0.1, 0.15) is 31.9 Å². The number of hydrogen-bond acceptors (Lipinski definition) is 3. The summed E-state index contributed by atoms with van der Waals surface area (Å²) in [6.07, 6.45) is 0.994. The highest BCUT2D eigenvalue weighted by Gasteiger charge is 2.17. The van der Waals surface area contributed by atoms with Crippen molar-refractivity contribution in [3.05, 3.63) is 35.4 Å². The number of nitrogens with zero attached hydrogens (tertiary/aromatic N) is 1. The second-order valence-corrected chi connectivity index (χ2v) is 5.03. The van der Waals surface area contributed by atoms with Gasteiger partial charge in [-0.3, -0.25) is 4.90 Å². The highest BCUT2D eigenvalue weighted by Crippen LogP contribution is 2.17. The molecule has 114 valence electrons. The summed E-state index contributed by atoms with van der Waals surface area (Å²) in [4.78, 5) is 2.20. The van der Waals surface area contributed by atoms with Crippen molar-refractivity contribution in [2.45, 2.75) is 32.4 Å². The monoisotopic (exact) mass is 286 g/mol. The second kappa shape index (κ2) is 8.29. The van der Waals surface area contributed by atoms with E-state index in [2.05, 4.69) is 18.7 Å². The van der Waals surface area contributed by atoms with Crippen LogP contribution in [0.3, 0.4) is 0 Å². The summed E-state index contributed by atoms with van der Waals surface area (Å²) in [7, 11) is 1.66. The molecule has 1 aromatic carbocycles. The molecule has 1 aromatic rings. The van der Waals surface area contributed by atoms with Gasteiger partial charge < -0.3 is 10.5 Å². The van der Waals surface area contributed by atoms with Crippen LogP contribution in [-0.4, -0.2) is 37.7 Å². The van der Waals surface area contributed by atoms with E-state index in [0.717, 1.165) is 19.0 Å². The summed E-state index contributed by atoms with van der Waals surface area (Å²) in [5, 5.41) is 0. The molecule has 2 unspecified atom stereocenters. The molecule has 5 heteroatoms. The quantitative estimate of drug-likeness (QED) is 0.798. The maximum absolute atomic E-state index is 13.2. The zero-order valence-electron chi connectivity index (χ0n) is 12.4. The number of halogens is 2. The summed E-state index contributed by atoms with van der Waals surface area (Å²) in [6, 6.07) is 3.84. The fraction of sp³-hybridized carbons (Fsp3) is 0.600. The number of hydrogen-bond donors (Lipinski definition) is 1. The Labute approximate surface area is 119 Å². The van der Waals surface area contributed by atoms with Crippen LogP contribution in [0.25, 0.3) is 0 Å². The van der Waals surface area contributed by atoms with Crippen LogP contribution in [0.4, 0.5) is 8.78 Å². The Bertz CT molecular complexity index is 415. The van der Waals surface area contributed by atoms with Crippen molar-refractivity contribution in [3.8, 4) is 0 Å². The molecule has 0 radical (unpaired) electrons. The number of ether oxygens (including phenoxy) is 1. The lowest BCUT2D eigenvalue weighted by molar-refractivity contribution is 0.118. The Morgan fingerprint density at radius 2 is 2.00 bits per heavy atom. The molecule has 1 rings (SSSR count). The van der Waals surface area contributed by atoms with E-state index in [4.69, 9.17) is 10.5 Å². The van der Waals surface area contributed by atoms with E-state index in [1.165, 1.54) is 12.1 Å². The van der Waals surface area contributed by atoms with Crippen molar-refractivity contribution in [2.24, 2.45) is 5.73 Å². The zero-order valence-corrected chi connectivity index (χ0v) is 12.4. The second-order valence-electron chi connectivity index (χ2n) is 5.03. The van der Waals surface area contributed by atoms with Gasteiger partial charge in [0.05, 0.1) is 6.61 Å².